The van der Waals surface area contributed by atoms with E-state index in [1.807, 2.05) is 20.2 Å². The van der Waals surface area contributed by atoms with E-state index in [1.165, 1.54) is 12.8 Å². The number of hydrogen-bond donors (Lipinski definition) is 2. The van der Waals surface area contributed by atoms with Crippen LogP contribution in [-0.4, -0.2) is 21.7 Å². The average molecular weight is 236 g/mol. The SMILES string of the molecule is CCc1nn(C)cc1NC(=O)CC(N)C1CC1. The molecular formula is C12H20N4O. The number of aryl methyl sites for hydroxylation is 2. The van der Waals surface area contributed by atoms with Crippen molar-refractivity contribution in [1.29, 1.82) is 0 Å². The fraction of sp³-hybridized carbons (Fsp3) is 0.667. The van der Waals surface area contributed by atoms with Gasteiger partial charge in [-0.2, -0.15) is 5.10 Å². The maximum atomic E-state index is 11.8. The lowest BCUT2D eigenvalue weighted by molar-refractivity contribution is -0.116. The highest BCUT2D eigenvalue weighted by atomic mass is 16.1. The maximum absolute atomic E-state index is 11.8. The van der Waals surface area contributed by atoms with Crippen LogP contribution in [0.2, 0.25) is 0 Å². The highest BCUT2D eigenvalue weighted by Crippen LogP contribution is 2.32. The number of carbonyl (C=O) groups is 1. The van der Waals surface area contributed by atoms with Crippen LogP contribution in [0.15, 0.2) is 6.20 Å². The molecule has 2 rings (SSSR count). The second-order valence-corrected chi connectivity index (χ2v) is 4.77. The second kappa shape index (κ2) is 4.87. The van der Waals surface area contributed by atoms with E-state index in [4.69, 9.17) is 5.73 Å². The van der Waals surface area contributed by atoms with Crippen LogP contribution in [0.3, 0.4) is 0 Å². The minimum atomic E-state index is -0.00731. The van der Waals surface area contributed by atoms with Crippen molar-refractivity contribution in [1.82, 2.24) is 9.78 Å². The van der Waals surface area contributed by atoms with Crippen molar-refractivity contribution in [3.63, 3.8) is 0 Å². The van der Waals surface area contributed by atoms with Gasteiger partial charge < -0.3 is 11.1 Å². The molecule has 1 atom stereocenters. The lowest BCUT2D eigenvalue weighted by Crippen LogP contribution is -2.28. The van der Waals surface area contributed by atoms with Crippen molar-refractivity contribution in [3.8, 4) is 0 Å². The number of nitrogens with one attached hydrogen (secondary N) is 1. The molecule has 1 aliphatic rings. The summed E-state index contributed by atoms with van der Waals surface area (Å²) in [5.74, 6) is 0.549. The van der Waals surface area contributed by atoms with E-state index in [0.717, 1.165) is 17.8 Å². The Labute approximate surface area is 101 Å². The van der Waals surface area contributed by atoms with Gasteiger partial charge in [-0.15, -0.1) is 0 Å². The molecule has 0 bridgehead atoms. The monoisotopic (exact) mass is 236 g/mol. The third kappa shape index (κ3) is 3.06. The Morgan fingerprint density at radius 3 is 3.00 bits per heavy atom. The molecule has 3 N–H and O–H groups in total. The van der Waals surface area contributed by atoms with Crippen molar-refractivity contribution in [3.05, 3.63) is 11.9 Å². The van der Waals surface area contributed by atoms with Crippen LogP contribution >= 0.6 is 0 Å². The Kier molecular flexibility index (Phi) is 3.47. The van der Waals surface area contributed by atoms with Crippen molar-refractivity contribution in [2.45, 2.75) is 38.6 Å². The van der Waals surface area contributed by atoms with E-state index >= 15 is 0 Å². The number of nitrogens with zero attached hydrogens (tertiary/aromatic N) is 2. The molecule has 0 saturated heterocycles. The van der Waals surface area contributed by atoms with Crippen molar-refractivity contribution >= 4 is 11.6 Å². The predicted molar refractivity (Wildman–Crippen MR) is 66.5 cm³/mol. The standard InChI is InChI=1S/C12H20N4O/c1-3-10-11(7-16(2)15-10)14-12(17)6-9(13)8-4-5-8/h7-9H,3-6,13H2,1-2H3,(H,14,17). The van der Waals surface area contributed by atoms with Crippen molar-refractivity contribution in [2.24, 2.45) is 18.7 Å². The summed E-state index contributed by atoms with van der Waals surface area (Å²) in [5.41, 5.74) is 7.65. The molecule has 0 aromatic carbocycles. The Bertz CT molecular complexity index is 409. The van der Waals surface area contributed by atoms with Gasteiger partial charge in [-0.3, -0.25) is 9.48 Å². The molecular weight excluding hydrogens is 216 g/mol. The summed E-state index contributed by atoms with van der Waals surface area (Å²) in [5, 5.41) is 7.17. The zero-order valence-corrected chi connectivity index (χ0v) is 10.4. The van der Waals surface area contributed by atoms with E-state index in [0.29, 0.717) is 12.3 Å². The molecule has 1 heterocycles. The molecule has 1 aliphatic carbocycles. The van der Waals surface area contributed by atoms with Gasteiger partial charge in [0.2, 0.25) is 5.91 Å². The molecule has 94 valence electrons. The molecule has 5 heteroatoms. The maximum Gasteiger partial charge on any atom is 0.226 e. The Balaban J connectivity index is 1.92. The highest BCUT2D eigenvalue weighted by molar-refractivity contribution is 5.91. The zero-order chi connectivity index (χ0) is 12.4. The lowest BCUT2D eigenvalue weighted by Gasteiger charge is -2.10. The van der Waals surface area contributed by atoms with Crippen LogP contribution in [-0.2, 0) is 18.3 Å². The van der Waals surface area contributed by atoms with E-state index in [2.05, 4.69) is 10.4 Å². The van der Waals surface area contributed by atoms with Crippen LogP contribution in [0, 0.1) is 5.92 Å². The van der Waals surface area contributed by atoms with E-state index in [9.17, 15) is 4.79 Å². The smallest absolute Gasteiger partial charge is 0.226 e. The molecule has 1 unspecified atom stereocenters. The van der Waals surface area contributed by atoms with Crippen molar-refractivity contribution in [2.75, 3.05) is 5.32 Å². The number of amides is 1. The van der Waals surface area contributed by atoms with Gasteiger partial charge in [0.1, 0.15) is 0 Å². The number of anilines is 1. The largest absolute Gasteiger partial charge is 0.327 e. The Morgan fingerprint density at radius 1 is 1.71 bits per heavy atom. The molecule has 1 aromatic heterocycles. The summed E-state index contributed by atoms with van der Waals surface area (Å²) in [6.07, 6.45) is 5.39. The molecule has 0 spiro atoms. The normalized spacial score (nSPS) is 16.9. The molecule has 17 heavy (non-hydrogen) atoms. The third-order valence-electron chi connectivity index (χ3n) is 3.16. The van der Waals surface area contributed by atoms with E-state index in [-0.39, 0.29) is 11.9 Å². The van der Waals surface area contributed by atoms with Crippen molar-refractivity contribution < 1.29 is 4.79 Å². The summed E-state index contributed by atoms with van der Waals surface area (Å²) in [6.45, 7) is 2.02. The van der Waals surface area contributed by atoms with Gasteiger partial charge in [-0.05, 0) is 25.2 Å². The fourth-order valence-corrected chi connectivity index (χ4v) is 2.01. The van der Waals surface area contributed by atoms with Gasteiger partial charge in [0, 0.05) is 25.7 Å². The van der Waals surface area contributed by atoms with Gasteiger partial charge in [0.25, 0.3) is 0 Å². The summed E-state index contributed by atoms with van der Waals surface area (Å²) < 4.78 is 1.72. The van der Waals surface area contributed by atoms with Crippen LogP contribution in [0.4, 0.5) is 5.69 Å². The summed E-state index contributed by atoms with van der Waals surface area (Å²) in [6, 6.07) is 0.0109. The number of rotatable bonds is 5. The first-order valence-electron chi connectivity index (χ1n) is 6.18. The van der Waals surface area contributed by atoms with E-state index in [1.54, 1.807) is 4.68 Å². The number of nitrogens with two attached hydrogens (primary N) is 1. The number of carbonyl (C=O) groups excluding carboxylic acids is 1. The van der Waals surface area contributed by atoms with Crippen LogP contribution in [0.25, 0.3) is 0 Å². The van der Waals surface area contributed by atoms with Crippen LogP contribution < -0.4 is 11.1 Å². The molecule has 1 fully saturated rings. The van der Waals surface area contributed by atoms with Gasteiger partial charge in [-0.25, -0.2) is 0 Å². The van der Waals surface area contributed by atoms with Gasteiger partial charge in [0.05, 0.1) is 11.4 Å². The summed E-state index contributed by atoms with van der Waals surface area (Å²) in [7, 11) is 1.85. The molecule has 0 radical (unpaired) electrons. The summed E-state index contributed by atoms with van der Waals surface area (Å²) in [4.78, 5) is 11.8. The predicted octanol–water partition coefficient (Wildman–Crippen LogP) is 1.05. The van der Waals surface area contributed by atoms with Gasteiger partial charge >= 0.3 is 0 Å². The highest BCUT2D eigenvalue weighted by Gasteiger charge is 2.29. The molecule has 1 amide bonds. The fourth-order valence-electron chi connectivity index (χ4n) is 2.01. The lowest BCUT2D eigenvalue weighted by atomic mass is 10.1. The Morgan fingerprint density at radius 2 is 2.41 bits per heavy atom. The minimum Gasteiger partial charge on any atom is -0.327 e. The number of aromatic nitrogens is 2. The minimum absolute atomic E-state index is 0.00731. The van der Waals surface area contributed by atoms with Gasteiger partial charge in [-0.1, -0.05) is 6.92 Å². The first-order chi connectivity index (χ1) is 8.10. The quantitative estimate of drug-likeness (QED) is 0.802. The second-order valence-electron chi connectivity index (χ2n) is 4.77. The third-order valence-corrected chi connectivity index (χ3v) is 3.16. The number of hydrogen-bond acceptors (Lipinski definition) is 3. The van der Waals surface area contributed by atoms with E-state index < -0.39 is 0 Å². The first-order valence-corrected chi connectivity index (χ1v) is 6.18. The molecule has 5 nitrogen and oxygen atoms in total. The molecule has 0 aliphatic heterocycles. The van der Waals surface area contributed by atoms with Crippen LogP contribution in [0.5, 0.6) is 0 Å². The Hall–Kier alpha value is -1.36. The van der Waals surface area contributed by atoms with Crippen LogP contribution in [0.1, 0.15) is 31.9 Å². The first kappa shape index (κ1) is 12.1. The summed E-state index contributed by atoms with van der Waals surface area (Å²) >= 11 is 0. The topological polar surface area (TPSA) is 72.9 Å². The zero-order valence-electron chi connectivity index (χ0n) is 10.4. The molecule has 1 aromatic rings. The average Bonchev–Trinajstić information content (AvgIpc) is 3.04. The van der Waals surface area contributed by atoms with Gasteiger partial charge in [0.15, 0.2) is 0 Å². The molecule has 1 saturated carbocycles.